The van der Waals surface area contributed by atoms with E-state index in [2.05, 4.69) is 5.32 Å². The summed E-state index contributed by atoms with van der Waals surface area (Å²) >= 11 is 0. The normalized spacial score (nSPS) is 15.6. The number of carbonyl (C=O) groups excluding carboxylic acids is 1. The minimum Gasteiger partial charge on any atom is -0.321 e. The highest BCUT2D eigenvalue weighted by Gasteiger charge is 2.24. The van der Waals surface area contributed by atoms with Crippen LogP contribution in [0.4, 0.5) is 10.1 Å². The standard InChI is InChI=1S/C15H10FNO/c16-11-6-7-14-12(9-11)13(15(18)17-14)8-10-4-2-1-3-5-10/h1-9H,(H,17,18). The van der Waals surface area contributed by atoms with Crippen LogP contribution in [-0.4, -0.2) is 5.91 Å². The van der Waals surface area contributed by atoms with E-state index in [0.29, 0.717) is 16.8 Å². The number of amides is 1. The van der Waals surface area contributed by atoms with Crippen LogP contribution in [0.5, 0.6) is 0 Å². The van der Waals surface area contributed by atoms with Gasteiger partial charge in [-0.1, -0.05) is 30.3 Å². The van der Waals surface area contributed by atoms with Crippen molar-refractivity contribution in [3.8, 4) is 0 Å². The summed E-state index contributed by atoms with van der Waals surface area (Å²) < 4.78 is 13.2. The first-order valence-electron chi connectivity index (χ1n) is 5.62. The molecule has 1 amide bonds. The molecule has 2 aromatic rings. The van der Waals surface area contributed by atoms with E-state index < -0.39 is 0 Å². The zero-order valence-corrected chi connectivity index (χ0v) is 9.48. The molecule has 0 atom stereocenters. The van der Waals surface area contributed by atoms with Crippen molar-refractivity contribution in [3.63, 3.8) is 0 Å². The van der Waals surface area contributed by atoms with Crippen LogP contribution in [0.15, 0.2) is 48.5 Å². The van der Waals surface area contributed by atoms with Crippen LogP contribution in [0.3, 0.4) is 0 Å². The molecule has 0 bridgehead atoms. The van der Waals surface area contributed by atoms with Crippen molar-refractivity contribution < 1.29 is 9.18 Å². The largest absolute Gasteiger partial charge is 0.321 e. The van der Waals surface area contributed by atoms with Gasteiger partial charge in [0.05, 0.1) is 0 Å². The van der Waals surface area contributed by atoms with Crippen molar-refractivity contribution in [2.45, 2.75) is 0 Å². The number of carbonyl (C=O) groups is 1. The lowest BCUT2D eigenvalue weighted by Crippen LogP contribution is -2.03. The van der Waals surface area contributed by atoms with Gasteiger partial charge in [-0.05, 0) is 29.8 Å². The van der Waals surface area contributed by atoms with Crippen molar-refractivity contribution in [3.05, 3.63) is 65.5 Å². The fourth-order valence-corrected chi connectivity index (χ4v) is 2.02. The average Bonchev–Trinajstić information content (AvgIpc) is 2.67. The Morgan fingerprint density at radius 2 is 1.83 bits per heavy atom. The van der Waals surface area contributed by atoms with Crippen molar-refractivity contribution >= 4 is 23.2 Å². The lowest BCUT2D eigenvalue weighted by Gasteiger charge is -1.98. The second kappa shape index (κ2) is 4.11. The molecule has 1 aliphatic heterocycles. The first-order chi connectivity index (χ1) is 8.74. The van der Waals surface area contributed by atoms with Crippen LogP contribution in [0, 0.1) is 5.82 Å². The molecule has 0 saturated carbocycles. The minimum atomic E-state index is -0.343. The van der Waals surface area contributed by atoms with Gasteiger partial charge in [0.2, 0.25) is 0 Å². The third kappa shape index (κ3) is 1.80. The van der Waals surface area contributed by atoms with Gasteiger partial charge in [0.25, 0.3) is 5.91 Å². The molecule has 0 aliphatic carbocycles. The maximum Gasteiger partial charge on any atom is 0.256 e. The van der Waals surface area contributed by atoms with Gasteiger partial charge in [-0.3, -0.25) is 4.79 Å². The van der Waals surface area contributed by atoms with Gasteiger partial charge in [-0.15, -0.1) is 0 Å². The topological polar surface area (TPSA) is 29.1 Å². The highest BCUT2D eigenvalue weighted by Crippen LogP contribution is 2.33. The predicted octanol–water partition coefficient (Wildman–Crippen LogP) is 3.32. The first kappa shape index (κ1) is 10.7. The summed E-state index contributed by atoms with van der Waals surface area (Å²) in [5.41, 5.74) is 2.68. The van der Waals surface area contributed by atoms with E-state index in [1.54, 1.807) is 12.1 Å². The fraction of sp³-hybridized carbons (Fsp3) is 0. The van der Waals surface area contributed by atoms with Crippen molar-refractivity contribution in [1.29, 1.82) is 0 Å². The van der Waals surface area contributed by atoms with Crippen LogP contribution in [0.2, 0.25) is 0 Å². The number of fused-ring (bicyclic) bond motifs is 1. The molecule has 1 heterocycles. The van der Waals surface area contributed by atoms with E-state index in [0.717, 1.165) is 5.56 Å². The SMILES string of the molecule is O=C1Nc2ccc(F)cc2C1=Cc1ccccc1. The molecular formula is C15H10FNO. The molecule has 3 rings (SSSR count). The monoisotopic (exact) mass is 239 g/mol. The van der Waals surface area contributed by atoms with E-state index >= 15 is 0 Å². The predicted molar refractivity (Wildman–Crippen MR) is 69.3 cm³/mol. The number of hydrogen-bond donors (Lipinski definition) is 1. The van der Waals surface area contributed by atoms with Crippen molar-refractivity contribution in [2.75, 3.05) is 5.32 Å². The van der Waals surface area contributed by atoms with Crippen LogP contribution in [0.25, 0.3) is 11.6 Å². The van der Waals surface area contributed by atoms with Gasteiger partial charge >= 0.3 is 0 Å². The zero-order chi connectivity index (χ0) is 12.5. The molecule has 0 fully saturated rings. The Kier molecular flexibility index (Phi) is 2.45. The van der Waals surface area contributed by atoms with Crippen LogP contribution < -0.4 is 5.32 Å². The van der Waals surface area contributed by atoms with Gasteiger partial charge in [-0.25, -0.2) is 4.39 Å². The molecule has 0 aromatic heterocycles. The summed E-state index contributed by atoms with van der Waals surface area (Å²) in [5, 5.41) is 2.72. The number of halogens is 1. The summed E-state index contributed by atoms with van der Waals surface area (Å²) in [7, 11) is 0. The maximum atomic E-state index is 13.2. The van der Waals surface area contributed by atoms with Gasteiger partial charge in [0.1, 0.15) is 5.82 Å². The Morgan fingerprint density at radius 3 is 2.61 bits per heavy atom. The fourth-order valence-electron chi connectivity index (χ4n) is 2.02. The summed E-state index contributed by atoms with van der Waals surface area (Å²) in [6.07, 6.45) is 1.76. The van der Waals surface area contributed by atoms with E-state index in [-0.39, 0.29) is 11.7 Å². The molecule has 0 saturated heterocycles. The van der Waals surface area contributed by atoms with Crippen LogP contribution >= 0.6 is 0 Å². The lowest BCUT2D eigenvalue weighted by atomic mass is 10.0. The maximum absolute atomic E-state index is 13.2. The number of rotatable bonds is 1. The second-order valence-electron chi connectivity index (χ2n) is 4.11. The molecule has 0 spiro atoms. The molecule has 3 heteroatoms. The molecule has 88 valence electrons. The third-order valence-electron chi connectivity index (χ3n) is 2.88. The molecule has 1 aliphatic rings. The molecule has 0 radical (unpaired) electrons. The Hall–Kier alpha value is -2.42. The molecule has 2 aromatic carbocycles. The van der Waals surface area contributed by atoms with Gasteiger partial charge < -0.3 is 5.32 Å². The molecule has 2 nitrogen and oxygen atoms in total. The molecule has 18 heavy (non-hydrogen) atoms. The zero-order valence-electron chi connectivity index (χ0n) is 9.48. The minimum absolute atomic E-state index is 0.195. The Morgan fingerprint density at radius 1 is 1.06 bits per heavy atom. The highest BCUT2D eigenvalue weighted by atomic mass is 19.1. The second-order valence-corrected chi connectivity index (χ2v) is 4.11. The number of nitrogens with one attached hydrogen (secondary N) is 1. The summed E-state index contributed by atoms with van der Waals surface area (Å²) in [6, 6.07) is 13.8. The summed E-state index contributed by atoms with van der Waals surface area (Å²) in [6.45, 7) is 0. The quantitative estimate of drug-likeness (QED) is 0.760. The van der Waals surface area contributed by atoms with Crippen molar-refractivity contribution in [1.82, 2.24) is 0 Å². The van der Waals surface area contributed by atoms with E-state index in [4.69, 9.17) is 0 Å². The molecule has 0 unspecified atom stereocenters. The van der Waals surface area contributed by atoms with Gasteiger partial charge in [-0.2, -0.15) is 0 Å². The third-order valence-corrected chi connectivity index (χ3v) is 2.88. The Bertz CT molecular complexity index is 647. The van der Waals surface area contributed by atoms with Crippen LogP contribution in [-0.2, 0) is 4.79 Å². The highest BCUT2D eigenvalue weighted by molar-refractivity contribution is 6.34. The Labute approximate surface area is 104 Å². The summed E-state index contributed by atoms with van der Waals surface area (Å²) in [5.74, 6) is -0.538. The van der Waals surface area contributed by atoms with Gasteiger partial charge in [0.15, 0.2) is 0 Å². The number of hydrogen-bond acceptors (Lipinski definition) is 1. The number of anilines is 1. The van der Waals surface area contributed by atoms with Crippen molar-refractivity contribution in [2.24, 2.45) is 0 Å². The smallest absolute Gasteiger partial charge is 0.256 e. The molecular weight excluding hydrogens is 229 g/mol. The first-order valence-corrected chi connectivity index (χ1v) is 5.62. The lowest BCUT2D eigenvalue weighted by molar-refractivity contribution is -0.110. The van der Waals surface area contributed by atoms with Gasteiger partial charge in [0, 0.05) is 16.8 Å². The van der Waals surface area contributed by atoms with E-state index in [1.165, 1.54) is 12.1 Å². The number of benzene rings is 2. The van der Waals surface area contributed by atoms with E-state index in [9.17, 15) is 9.18 Å². The molecule has 1 N–H and O–H groups in total. The Balaban J connectivity index is 2.12. The van der Waals surface area contributed by atoms with Crippen LogP contribution in [0.1, 0.15) is 11.1 Å². The average molecular weight is 239 g/mol. The summed E-state index contributed by atoms with van der Waals surface area (Å²) in [4.78, 5) is 11.8. The van der Waals surface area contributed by atoms with E-state index in [1.807, 2.05) is 30.3 Å².